The molecule has 0 amide bonds. The predicted molar refractivity (Wildman–Crippen MR) is 74.6 cm³/mol. The van der Waals surface area contributed by atoms with E-state index in [9.17, 15) is 0 Å². The third-order valence-electron chi connectivity index (χ3n) is 4.63. The monoisotopic (exact) mass is 250 g/mol. The van der Waals surface area contributed by atoms with Gasteiger partial charge >= 0.3 is 0 Å². The van der Waals surface area contributed by atoms with Crippen molar-refractivity contribution in [1.82, 2.24) is 10.2 Å². The summed E-state index contributed by atoms with van der Waals surface area (Å²) >= 11 is 0. The van der Waals surface area contributed by atoms with Crippen LogP contribution < -0.4 is 5.32 Å². The van der Waals surface area contributed by atoms with Crippen molar-refractivity contribution in [2.45, 2.75) is 58.2 Å². The molecule has 1 aliphatic heterocycles. The minimum Gasteiger partial charge on any atom is -0.468 e. The zero-order valence-electron chi connectivity index (χ0n) is 12.1. The Morgan fingerprint density at radius 1 is 1.50 bits per heavy atom. The molecule has 1 aliphatic rings. The van der Waals surface area contributed by atoms with Crippen LogP contribution in [0.5, 0.6) is 0 Å². The molecule has 102 valence electrons. The zero-order chi connectivity index (χ0) is 13.2. The largest absolute Gasteiger partial charge is 0.468 e. The van der Waals surface area contributed by atoms with E-state index >= 15 is 0 Å². The van der Waals surface area contributed by atoms with Gasteiger partial charge in [0.2, 0.25) is 0 Å². The van der Waals surface area contributed by atoms with Crippen molar-refractivity contribution in [3.63, 3.8) is 0 Å². The topological polar surface area (TPSA) is 28.4 Å². The van der Waals surface area contributed by atoms with Crippen LogP contribution >= 0.6 is 0 Å². The van der Waals surface area contributed by atoms with Crippen LogP contribution in [-0.4, -0.2) is 29.6 Å². The Bertz CT molecular complexity index is 357. The van der Waals surface area contributed by atoms with Crippen molar-refractivity contribution < 1.29 is 4.42 Å². The summed E-state index contributed by atoms with van der Waals surface area (Å²) in [5.74, 6) is 1.07. The summed E-state index contributed by atoms with van der Waals surface area (Å²) in [4.78, 5) is 2.57. The smallest absolute Gasteiger partial charge is 0.120 e. The lowest BCUT2D eigenvalue weighted by Gasteiger charge is -2.48. The number of nitrogens with one attached hydrogen (secondary N) is 1. The van der Waals surface area contributed by atoms with E-state index in [0.29, 0.717) is 12.1 Å². The molecule has 0 aromatic carbocycles. The lowest BCUT2D eigenvalue weighted by atomic mass is 9.88. The highest BCUT2D eigenvalue weighted by atomic mass is 16.3. The minimum absolute atomic E-state index is 0.271. The molecule has 1 aromatic rings. The highest BCUT2D eigenvalue weighted by Crippen LogP contribution is 2.30. The van der Waals surface area contributed by atoms with E-state index in [4.69, 9.17) is 4.42 Å². The van der Waals surface area contributed by atoms with E-state index in [-0.39, 0.29) is 5.54 Å². The Morgan fingerprint density at radius 3 is 2.78 bits per heavy atom. The first-order valence-electron chi connectivity index (χ1n) is 7.16. The highest BCUT2D eigenvalue weighted by molar-refractivity contribution is 5.07. The molecule has 1 N–H and O–H groups in total. The summed E-state index contributed by atoms with van der Waals surface area (Å²) in [6.07, 6.45) is 4.13. The molecule has 3 heteroatoms. The van der Waals surface area contributed by atoms with Gasteiger partial charge in [-0.1, -0.05) is 13.8 Å². The molecule has 1 fully saturated rings. The summed E-state index contributed by atoms with van der Waals surface area (Å²) in [6.45, 7) is 11.3. The Labute approximate surface area is 111 Å². The van der Waals surface area contributed by atoms with Gasteiger partial charge in [-0.25, -0.2) is 0 Å². The SMILES string of the molecule is CCC1(CC)CN(C(C)c2ccco2)C(C)CN1. The third kappa shape index (κ3) is 2.47. The Kier molecular flexibility index (Phi) is 4.13. The quantitative estimate of drug-likeness (QED) is 0.889. The molecule has 0 radical (unpaired) electrons. The van der Waals surface area contributed by atoms with Gasteiger partial charge in [0, 0.05) is 24.7 Å². The van der Waals surface area contributed by atoms with Crippen molar-refractivity contribution in [3.05, 3.63) is 24.2 Å². The Balaban J connectivity index is 2.15. The second-order valence-electron chi connectivity index (χ2n) is 5.58. The van der Waals surface area contributed by atoms with E-state index in [1.165, 1.54) is 12.8 Å². The molecule has 0 aliphatic carbocycles. The van der Waals surface area contributed by atoms with Gasteiger partial charge in [0.25, 0.3) is 0 Å². The van der Waals surface area contributed by atoms with Crippen LogP contribution in [0.2, 0.25) is 0 Å². The van der Waals surface area contributed by atoms with Gasteiger partial charge in [-0.15, -0.1) is 0 Å². The van der Waals surface area contributed by atoms with E-state index in [0.717, 1.165) is 18.8 Å². The minimum atomic E-state index is 0.271. The second kappa shape index (κ2) is 5.45. The maximum Gasteiger partial charge on any atom is 0.120 e. The average molecular weight is 250 g/mol. The fourth-order valence-electron chi connectivity index (χ4n) is 2.98. The van der Waals surface area contributed by atoms with Gasteiger partial charge in [-0.3, -0.25) is 4.90 Å². The van der Waals surface area contributed by atoms with Crippen molar-refractivity contribution >= 4 is 0 Å². The van der Waals surface area contributed by atoms with Crippen LogP contribution in [0, 0.1) is 0 Å². The molecule has 0 spiro atoms. The fourth-order valence-corrected chi connectivity index (χ4v) is 2.98. The van der Waals surface area contributed by atoms with E-state index < -0.39 is 0 Å². The summed E-state index contributed by atoms with van der Waals surface area (Å²) < 4.78 is 5.57. The lowest BCUT2D eigenvalue weighted by molar-refractivity contribution is 0.0423. The van der Waals surface area contributed by atoms with E-state index in [2.05, 4.69) is 44.0 Å². The number of piperazine rings is 1. The van der Waals surface area contributed by atoms with Crippen LogP contribution in [0.4, 0.5) is 0 Å². The van der Waals surface area contributed by atoms with Gasteiger partial charge in [-0.2, -0.15) is 0 Å². The predicted octanol–water partition coefficient (Wildman–Crippen LogP) is 3.19. The molecule has 1 saturated heterocycles. The van der Waals surface area contributed by atoms with Crippen molar-refractivity contribution in [2.75, 3.05) is 13.1 Å². The molecular weight excluding hydrogens is 224 g/mol. The summed E-state index contributed by atoms with van der Waals surface area (Å²) in [5.41, 5.74) is 0.271. The van der Waals surface area contributed by atoms with Crippen LogP contribution in [0.1, 0.15) is 52.3 Å². The van der Waals surface area contributed by atoms with Crippen LogP contribution in [0.15, 0.2) is 22.8 Å². The maximum absolute atomic E-state index is 5.57. The Morgan fingerprint density at radius 2 is 2.22 bits per heavy atom. The average Bonchev–Trinajstić information content (AvgIpc) is 2.93. The molecule has 0 bridgehead atoms. The van der Waals surface area contributed by atoms with Crippen molar-refractivity contribution in [2.24, 2.45) is 0 Å². The fraction of sp³-hybridized carbons (Fsp3) is 0.733. The number of hydrogen-bond donors (Lipinski definition) is 1. The maximum atomic E-state index is 5.57. The lowest BCUT2D eigenvalue weighted by Crippen LogP contribution is -2.63. The first-order chi connectivity index (χ1) is 8.62. The van der Waals surface area contributed by atoms with Crippen LogP contribution in [-0.2, 0) is 0 Å². The summed E-state index contributed by atoms with van der Waals surface area (Å²) in [7, 11) is 0. The molecular formula is C15H26N2O. The standard InChI is InChI=1S/C15H26N2O/c1-5-15(6-2)11-17(12(3)10-16-15)13(4)14-8-7-9-18-14/h7-9,12-13,16H,5-6,10-11H2,1-4H3. The molecule has 0 saturated carbocycles. The number of hydrogen-bond acceptors (Lipinski definition) is 3. The molecule has 1 aromatic heterocycles. The molecule has 18 heavy (non-hydrogen) atoms. The second-order valence-corrected chi connectivity index (χ2v) is 5.58. The van der Waals surface area contributed by atoms with Crippen LogP contribution in [0.3, 0.4) is 0 Å². The number of nitrogens with zero attached hydrogens (tertiary/aromatic N) is 1. The molecule has 2 unspecified atom stereocenters. The van der Waals surface area contributed by atoms with Gasteiger partial charge in [0.15, 0.2) is 0 Å². The molecule has 2 heterocycles. The molecule has 2 rings (SSSR count). The van der Waals surface area contributed by atoms with Crippen LogP contribution in [0.25, 0.3) is 0 Å². The highest BCUT2D eigenvalue weighted by Gasteiger charge is 2.37. The van der Waals surface area contributed by atoms with E-state index in [1.807, 2.05) is 6.07 Å². The zero-order valence-corrected chi connectivity index (χ0v) is 12.1. The van der Waals surface area contributed by atoms with Crippen molar-refractivity contribution in [3.8, 4) is 0 Å². The summed E-state index contributed by atoms with van der Waals surface area (Å²) in [5, 5.41) is 3.74. The number of furan rings is 1. The van der Waals surface area contributed by atoms with Crippen molar-refractivity contribution in [1.29, 1.82) is 0 Å². The number of rotatable bonds is 4. The van der Waals surface area contributed by atoms with Gasteiger partial charge in [0.1, 0.15) is 5.76 Å². The summed E-state index contributed by atoms with van der Waals surface area (Å²) in [6, 6.07) is 4.97. The van der Waals surface area contributed by atoms with E-state index in [1.54, 1.807) is 6.26 Å². The third-order valence-corrected chi connectivity index (χ3v) is 4.63. The van der Waals surface area contributed by atoms with Gasteiger partial charge in [0.05, 0.1) is 12.3 Å². The van der Waals surface area contributed by atoms with Gasteiger partial charge in [-0.05, 0) is 38.8 Å². The normalized spacial score (nSPS) is 26.1. The first-order valence-corrected chi connectivity index (χ1v) is 7.16. The first kappa shape index (κ1) is 13.6. The molecule has 3 nitrogen and oxygen atoms in total. The van der Waals surface area contributed by atoms with Gasteiger partial charge < -0.3 is 9.73 Å². The Hall–Kier alpha value is -0.800. The molecule has 2 atom stereocenters.